The maximum Gasteiger partial charge on any atom is 0.328 e. The van der Waals surface area contributed by atoms with Gasteiger partial charge in [-0.2, -0.15) is 11.8 Å². The molecule has 1 aliphatic heterocycles. The van der Waals surface area contributed by atoms with Crippen molar-refractivity contribution < 1.29 is 14.3 Å². The molecule has 2 amide bonds. The number of methoxy groups -OCH3 is 1. The molecule has 8 heteroatoms. The van der Waals surface area contributed by atoms with E-state index in [0.29, 0.717) is 13.0 Å². The molecule has 1 aliphatic rings. The van der Waals surface area contributed by atoms with Gasteiger partial charge in [0.05, 0.1) is 23.4 Å². The first-order valence-corrected chi connectivity index (χ1v) is 10.8. The fraction of sp³-hybridized carbons (Fsp3) is 0.500. The Hall–Kier alpha value is -1.80. The van der Waals surface area contributed by atoms with E-state index in [1.165, 1.54) is 7.11 Å². The fourth-order valence-corrected chi connectivity index (χ4v) is 4.74. The fourth-order valence-electron chi connectivity index (χ4n) is 3.16. The number of amides is 2. The van der Waals surface area contributed by atoms with Crippen LogP contribution in [0, 0.1) is 0 Å². The molecule has 0 bridgehead atoms. The van der Waals surface area contributed by atoms with E-state index in [2.05, 4.69) is 5.32 Å². The second-order valence-corrected chi connectivity index (χ2v) is 8.23. The molecule has 1 N–H and O–H groups in total. The number of carbonyl (C=O) groups is 2. The van der Waals surface area contributed by atoms with Crippen molar-refractivity contribution in [2.45, 2.75) is 31.3 Å². The number of ether oxygens (including phenoxy) is 1. The Bertz CT molecular complexity index is 747. The van der Waals surface area contributed by atoms with Gasteiger partial charge in [-0.3, -0.25) is 0 Å². The lowest BCUT2D eigenvalue weighted by Gasteiger charge is -2.26. The molecule has 0 saturated carbocycles. The van der Waals surface area contributed by atoms with Crippen LogP contribution in [0.4, 0.5) is 4.79 Å². The Morgan fingerprint density at radius 3 is 3.00 bits per heavy atom. The highest BCUT2D eigenvalue weighted by Gasteiger charge is 2.34. The summed E-state index contributed by atoms with van der Waals surface area (Å²) in [6.07, 6.45) is 4.35. The van der Waals surface area contributed by atoms with Gasteiger partial charge in [-0.15, -0.1) is 11.3 Å². The Labute approximate surface area is 161 Å². The molecule has 140 valence electrons. The molecule has 1 unspecified atom stereocenters. The second-order valence-electron chi connectivity index (χ2n) is 6.18. The summed E-state index contributed by atoms with van der Waals surface area (Å²) in [6.45, 7) is 0.669. The lowest BCUT2D eigenvalue weighted by molar-refractivity contribution is -0.142. The minimum atomic E-state index is -0.614. The van der Waals surface area contributed by atoms with Crippen LogP contribution in [-0.4, -0.2) is 53.6 Å². The standard InChI is InChI=1S/C18H23N3O3S2/c1-24-17(22)13(9-11-25-2)20-18(23)21-10-5-7-14(21)16-19-12-6-3-4-8-15(12)26-16/h3-4,6,8,13-14H,5,7,9-11H2,1-2H3,(H,20,23)/t13-,14?/m1/s1. The quantitative estimate of drug-likeness (QED) is 0.761. The molecule has 2 aromatic rings. The maximum atomic E-state index is 12.8. The summed E-state index contributed by atoms with van der Waals surface area (Å²) >= 11 is 3.27. The van der Waals surface area contributed by atoms with Crippen LogP contribution in [-0.2, 0) is 9.53 Å². The first kappa shape index (κ1) is 19.0. The number of benzene rings is 1. The molecule has 2 atom stereocenters. The van der Waals surface area contributed by atoms with Crippen LogP contribution in [0.5, 0.6) is 0 Å². The third kappa shape index (κ3) is 4.12. The molecule has 0 radical (unpaired) electrons. The third-order valence-corrected chi connectivity index (χ3v) is 6.28. The van der Waals surface area contributed by atoms with E-state index in [1.807, 2.05) is 30.5 Å². The van der Waals surface area contributed by atoms with Crippen LogP contribution in [0.3, 0.4) is 0 Å². The predicted molar refractivity (Wildman–Crippen MR) is 106 cm³/mol. The van der Waals surface area contributed by atoms with Crippen molar-refractivity contribution in [2.24, 2.45) is 0 Å². The highest BCUT2D eigenvalue weighted by Crippen LogP contribution is 2.36. The van der Waals surface area contributed by atoms with Gasteiger partial charge in [0.25, 0.3) is 0 Å². The van der Waals surface area contributed by atoms with Crippen LogP contribution in [0.1, 0.15) is 30.3 Å². The number of urea groups is 1. The molecule has 0 aliphatic carbocycles. The highest BCUT2D eigenvalue weighted by molar-refractivity contribution is 7.98. The van der Waals surface area contributed by atoms with E-state index in [4.69, 9.17) is 9.72 Å². The molecule has 3 rings (SSSR count). The van der Waals surface area contributed by atoms with Crippen molar-refractivity contribution in [3.05, 3.63) is 29.3 Å². The number of fused-ring (bicyclic) bond motifs is 1. The van der Waals surface area contributed by atoms with E-state index in [1.54, 1.807) is 28.0 Å². The number of rotatable bonds is 6. The normalized spacial score (nSPS) is 18.1. The number of esters is 1. The van der Waals surface area contributed by atoms with Crippen LogP contribution in [0.15, 0.2) is 24.3 Å². The van der Waals surface area contributed by atoms with Gasteiger partial charge in [0, 0.05) is 6.54 Å². The topological polar surface area (TPSA) is 71.5 Å². The Morgan fingerprint density at radius 1 is 1.46 bits per heavy atom. The zero-order chi connectivity index (χ0) is 18.5. The molecule has 0 spiro atoms. The Balaban J connectivity index is 1.73. The monoisotopic (exact) mass is 393 g/mol. The zero-order valence-electron chi connectivity index (χ0n) is 14.9. The predicted octanol–water partition coefficient (Wildman–Crippen LogP) is 3.44. The summed E-state index contributed by atoms with van der Waals surface area (Å²) in [5, 5.41) is 3.81. The zero-order valence-corrected chi connectivity index (χ0v) is 16.6. The number of nitrogens with zero attached hydrogens (tertiary/aromatic N) is 2. The van der Waals surface area contributed by atoms with Gasteiger partial charge in [-0.05, 0) is 43.4 Å². The number of thioether (sulfide) groups is 1. The summed E-state index contributed by atoms with van der Waals surface area (Å²) in [7, 11) is 1.35. The van der Waals surface area contributed by atoms with Crippen molar-refractivity contribution in [3.63, 3.8) is 0 Å². The molecule has 1 fully saturated rings. The van der Waals surface area contributed by atoms with Gasteiger partial charge < -0.3 is 15.0 Å². The first-order valence-electron chi connectivity index (χ1n) is 8.63. The number of carbonyl (C=O) groups excluding carboxylic acids is 2. The number of hydrogen-bond donors (Lipinski definition) is 1. The number of hydrogen-bond acceptors (Lipinski definition) is 6. The number of nitrogens with one attached hydrogen (secondary N) is 1. The van der Waals surface area contributed by atoms with Crippen molar-refractivity contribution in [1.82, 2.24) is 15.2 Å². The average Bonchev–Trinajstić information content (AvgIpc) is 3.30. The van der Waals surface area contributed by atoms with Crippen LogP contribution >= 0.6 is 23.1 Å². The largest absolute Gasteiger partial charge is 0.467 e. The summed E-state index contributed by atoms with van der Waals surface area (Å²) in [5.74, 6) is 0.379. The molecule has 1 saturated heterocycles. The van der Waals surface area contributed by atoms with Crippen molar-refractivity contribution in [2.75, 3.05) is 25.7 Å². The summed E-state index contributed by atoms with van der Waals surface area (Å²) < 4.78 is 5.96. The van der Waals surface area contributed by atoms with E-state index in [9.17, 15) is 9.59 Å². The van der Waals surface area contributed by atoms with Crippen LogP contribution in [0.25, 0.3) is 10.2 Å². The van der Waals surface area contributed by atoms with Crippen LogP contribution < -0.4 is 5.32 Å². The summed E-state index contributed by atoms with van der Waals surface area (Å²) in [5.41, 5.74) is 0.965. The lowest BCUT2D eigenvalue weighted by atomic mass is 10.2. The number of likely N-dealkylation sites (tertiary alicyclic amines) is 1. The van der Waals surface area contributed by atoms with Gasteiger partial charge >= 0.3 is 12.0 Å². The number of thiazole rings is 1. The number of aromatic nitrogens is 1. The molecule has 1 aromatic carbocycles. The SMILES string of the molecule is COC(=O)[C@@H](CCSC)NC(=O)N1CCCC1c1nc2ccccc2s1. The average molecular weight is 394 g/mol. The van der Waals surface area contributed by atoms with Crippen molar-refractivity contribution in [3.8, 4) is 0 Å². The summed E-state index contributed by atoms with van der Waals surface area (Å²) in [6, 6.07) is 7.13. The smallest absolute Gasteiger partial charge is 0.328 e. The molecular weight excluding hydrogens is 370 g/mol. The molecule has 6 nitrogen and oxygen atoms in total. The van der Waals surface area contributed by atoms with Gasteiger partial charge in [0.2, 0.25) is 0 Å². The Kier molecular flexibility index (Phi) is 6.37. The highest BCUT2D eigenvalue weighted by atomic mass is 32.2. The van der Waals surface area contributed by atoms with Crippen molar-refractivity contribution in [1.29, 1.82) is 0 Å². The maximum absolute atomic E-state index is 12.8. The minimum Gasteiger partial charge on any atom is -0.467 e. The third-order valence-electron chi connectivity index (χ3n) is 4.50. The van der Waals surface area contributed by atoms with Gasteiger partial charge in [-0.25, -0.2) is 14.6 Å². The second kappa shape index (κ2) is 8.73. The van der Waals surface area contributed by atoms with Gasteiger partial charge in [0.1, 0.15) is 11.0 Å². The lowest BCUT2D eigenvalue weighted by Crippen LogP contribution is -2.48. The van der Waals surface area contributed by atoms with E-state index >= 15 is 0 Å². The van der Waals surface area contributed by atoms with Gasteiger partial charge in [-0.1, -0.05) is 12.1 Å². The molecule has 26 heavy (non-hydrogen) atoms. The molecular formula is C18H23N3O3S2. The van der Waals surface area contributed by atoms with Crippen molar-refractivity contribution >= 4 is 45.3 Å². The molecule has 2 heterocycles. The molecule has 1 aromatic heterocycles. The summed E-state index contributed by atoms with van der Waals surface area (Å²) in [4.78, 5) is 31.3. The van der Waals surface area contributed by atoms with E-state index < -0.39 is 12.0 Å². The van der Waals surface area contributed by atoms with E-state index in [-0.39, 0.29) is 12.1 Å². The Morgan fingerprint density at radius 2 is 2.27 bits per heavy atom. The van der Waals surface area contributed by atoms with Gasteiger partial charge in [0.15, 0.2) is 0 Å². The first-order chi connectivity index (χ1) is 12.6. The van der Waals surface area contributed by atoms with E-state index in [0.717, 1.165) is 33.8 Å². The number of para-hydroxylation sites is 1. The van der Waals surface area contributed by atoms with Crippen LogP contribution in [0.2, 0.25) is 0 Å². The minimum absolute atomic E-state index is 0.0359.